The molecule has 5 rings (SSSR count). The van der Waals surface area contributed by atoms with Crippen LogP contribution in [0.4, 0.5) is 5.69 Å². The maximum Gasteiger partial charge on any atom is 0.251 e. The van der Waals surface area contributed by atoms with Gasteiger partial charge in [-0.25, -0.2) is 4.68 Å². The lowest BCUT2D eigenvalue weighted by Gasteiger charge is -2.33. The monoisotopic (exact) mass is 503 g/mol. The van der Waals surface area contributed by atoms with E-state index in [-0.39, 0.29) is 18.4 Å². The molecule has 1 unspecified atom stereocenters. The van der Waals surface area contributed by atoms with Crippen LogP contribution >= 0.6 is 0 Å². The van der Waals surface area contributed by atoms with Crippen LogP contribution in [-0.4, -0.2) is 45.6 Å². The van der Waals surface area contributed by atoms with Gasteiger partial charge in [0, 0.05) is 17.3 Å². The lowest BCUT2D eigenvalue weighted by atomic mass is 10.0. The number of fused-ring (bicyclic) bond motifs is 2. The summed E-state index contributed by atoms with van der Waals surface area (Å²) < 4.78 is 18.6. The van der Waals surface area contributed by atoms with E-state index in [4.69, 9.17) is 13.9 Å². The van der Waals surface area contributed by atoms with E-state index in [1.54, 1.807) is 30.3 Å². The van der Waals surface area contributed by atoms with E-state index >= 15 is 0 Å². The van der Waals surface area contributed by atoms with E-state index in [0.717, 1.165) is 0 Å². The predicted molar refractivity (Wildman–Crippen MR) is 136 cm³/mol. The highest BCUT2D eigenvalue weighted by molar-refractivity contribution is 6.01. The average molecular weight is 504 g/mol. The van der Waals surface area contributed by atoms with E-state index < -0.39 is 11.6 Å². The summed E-state index contributed by atoms with van der Waals surface area (Å²) in [6, 6.07) is 14.9. The normalized spacial score (nSPS) is 13.8. The van der Waals surface area contributed by atoms with Crippen molar-refractivity contribution in [2.24, 2.45) is 0 Å². The zero-order valence-electron chi connectivity index (χ0n) is 21.0. The van der Waals surface area contributed by atoms with E-state index in [2.05, 4.69) is 15.6 Å². The van der Waals surface area contributed by atoms with Gasteiger partial charge in [-0.05, 0) is 56.7 Å². The minimum atomic E-state index is -1.08. The van der Waals surface area contributed by atoms with Crippen molar-refractivity contribution in [1.29, 1.82) is 0 Å². The number of anilines is 1. The summed E-state index contributed by atoms with van der Waals surface area (Å²) >= 11 is 0. The zero-order valence-corrected chi connectivity index (χ0v) is 21.0. The maximum atomic E-state index is 14.0. The Balaban J connectivity index is 1.59. The molecule has 10 nitrogen and oxygen atoms in total. The first-order valence-corrected chi connectivity index (χ1v) is 12.2. The molecule has 0 saturated heterocycles. The number of rotatable bonds is 8. The largest absolute Gasteiger partial charge is 0.486 e. The van der Waals surface area contributed by atoms with Crippen LogP contribution in [0, 0.1) is 0 Å². The fraction of sp³-hybridized carbons (Fsp3) is 0.333. The van der Waals surface area contributed by atoms with Crippen molar-refractivity contribution in [2.75, 3.05) is 18.1 Å². The Morgan fingerprint density at radius 3 is 2.62 bits per heavy atom. The van der Waals surface area contributed by atoms with Crippen molar-refractivity contribution in [1.82, 2.24) is 20.3 Å². The topological polar surface area (TPSA) is 112 Å². The summed E-state index contributed by atoms with van der Waals surface area (Å²) in [6.07, 6.45) is 2.19. The number of hydrogen-bond acceptors (Lipinski definition) is 7. The van der Waals surface area contributed by atoms with Crippen LogP contribution in [0.1, 0.15) is 39.0 Å². The second kappa shape index (κ2) is 9.96. The van der Waals surface area contributed by atoms with Crippen molar-refractivity contribution in [2.45, 2.75) is 45.3 Å². The molecule has 0 aliphatic carbocycles. The molecule has 2 aromatic carbocycles. The Morgan fingerprint density at radius 2 is 1.86 bits per heavy atom. The van der Waals surface area contributed by atoms with Gasteiger partial charge in [0.2, 0.25) is 5.91 Å². The average Bonchev–Trinajstić information content (AvgIpc) is 3.57. The molecule has 4 aromatic rings. The first kappa shape index (κ1) is 24.4. The molecule has 2 aromatic heterocycles. The number of para-hydroxylation sites is 1. The third kappa shape index (κ3) is 5.00. The van der Waals surface area contributed by atoms with Crippen molar-refractivity contribution >= 4 is 28.5 Å². The van der Waals surface area contributed by atoms with Gasteiger partial charge in [0.25, 0.3) is 5.91 Å². The van der Waals surface area contributed by atoms with Gasteiger partial charge < -0.3 is 19.2 Å². The van der Waals surface area contributed by atoms with E-state index in [1.165, 1.54) is 15.8 Å². The molecule has 37 heavy (non-hydrogen) atoms. The standard InChI is InChI=1S/C27H29N5O5/c1-4-27(2,3)28-26(34)25(22-10-7-13-35-22)32(18-11-12-21-23(16-18)37-15-14-36-21)24(33)17-31-20-9-6-5-8-19(20)29-30-31/h5-13,16,25H,4,14-15,17H2,1-3H3,(H,28,34). The van der Waals surface area contributed by atoms with Gasteiger partial charge in [0.15, 0.2) is 17.5 Å². The number of benzene rings is 2. The SMILES string of the molecule is CCC(C)(C)NC(=O)C(c1ccco1)N(C(=O)Cn1nnc2ccccc21)c1ccc2c(c1)OCCO2. The minimum absolute atomic E-state index is 0.142. The van der Waals surface area contributed by atoms with E-state index in [9.17, 15) is 9.59 Å². The lowest BCUT2D eigenvalue weighted by Crippen LogP contribution is -2.51. The number of hydrogen-bond donors (Lipinski definition) is 1. The Labute approximate surface area is 214 Å². The van der Waals surface area contributed by atoms with Gasteiger partial charge in [-0.3, -0.25) is 14.5 Å². The summed E-state index contributed by atoms with van der Waals surface area (Å²) in [4.78, 5) is 29.3. The minimum Gasteiger partial charge on any atom is -0.486 e. The zero-order chi connectivity index (χ0) is 26.0. The summed E-state index contributed by atoms with van der Waals surface area (Å²) in [5.74, 6) is 0.666. The number of aromatic nitrogens is 3. The summed E-state index contributed by atoms with van der Waals surface area (Å²) in [6.45, 7) is 6.54. The molecule has 3 heterocycles. The van der Waals surface area contributed by atoms with Crippen LogP contribution in [0.15, 0.2) is 65.3 Å². The number of furan rings is 1. The van der Waals surface area contributed by atoms with Gasteiger partial charge in [-0.15, -0.1) is 5.10 Å². The third-order valence-corrected chi connectivity index (χ3v) is 6.44. The molecular weight excluding hydrogens is 474 g/mol. The van der Waals surface area contributed by atoms with Crippen LogP contribution in [0.2, 0.25) is 0 Å². The molecule has 0 fully saturated rings. The Kier molecular flexibility index (Phi) is 6.56. The van der Waals surface area contributed by atoms with Crippen LogP contribution in [-0.2, 0) is 16.1 Å². The number of amides is 2. The molecular formula is C27H29N5O5. The maximum absolute atomic E-state index is 14.0. The molecule has 0 radical (unpaired) electrons. The summed E-state index contributed by atoms with van der Waals surface area (Å²) in [5.41, 5.74) is 1.35. The fourth-order valence-corrected chi connectivity index (χ4v) is 4.17. The lowest BCUT2D eigenvalue weighted by molar-refractivity contribution is -0.128. The molecule has 1 aliphatic heterocycles. The number of carbonyl (C=O) groups is 2. The van der Waals surface area contributed by atoms with Crippen molar-refractivity contribution < 1.29 is 23.5 Å². The molecule has 192 valence electrons. The van der Waals surface area contributed by atoms with Crippen LogP contribution in [0.3, 0.4) is 0 Å². The summed E-state index contributed by atoms with van der Waals surface area (Å²) in [5, 5.41) is 11.4. The van der Waals surface area contributed by atoms with Gasteiger partial charge in [0.05, 0.1) is 11.8 Å². The molecule has 2 amide bonds. The number of carbonyl (C=O) groups excluding carboxylic acids is 2. The van der Waals surface area contributed by atoms with Crippen LogP contribution < -0.4 is 19.7 Å². The molecule has 0 bridgehead atoms. The molecule has 0 spiro atoms. The Bertz CT molecular complexity index is 1410. The fourth-order valence-electron chi connectivity index (χ4n) is 4.17. The Hall–Kier alpha value is -4.34. The highest BCUT2D eigenvalue weighted by atomic mass is 16.6. The van der Waals surface area contributed by atoms with Crippen molar-refractivity contribution in [3.05, 3.63) is 66.6 Å². The first-order chi connectivity index (χ1) is 17.9. The van der Waals surface area contributed by atoms with Gasteiger partial charge in [0.1, 0.15) is 31.0 Å². The molecule has 1 atom stereocenters. The number of ether oxygens (including phenoxy) is 2. The van der Waals surface area contributed by atoms with Gasteiger partial charge in [-0.1, -0.05) is 24.3 Å². The number of nitrogens with one attached hydrogen (secondary N) is 1. The highest BCUT2D eigenvalue weighted by Crippen LogP contribution is 2.37. The van der Waals surface area contributed by atoms with E-state index in [1.807, 2.05) is 45.0 Å². The Morgan fingerprint density at radius 1 is 1.08 bits per heavy atom. The van der Waals surface area contributed by atoms with Crippen LogP contribution in [0.5, 0.6) is 11.5 Å². The molecule has 1 aliphatic rings. The molecule has 10 heteroatoms. The van der Waals surface area contributed by atoms with Gasteiger partial charge in [-0.2, -0.15) is 0 Å². The second-order valence-electron chi connectivity index (χ2n) is 9.47. The first-order valence-electron chi connectivity index (χ1n) is 12.2. The van der Waals surface area contributed by atoms with Crippen LogP contribution in [0.25, 0.3) is 11.0 Å². The highest BCUT2D eigenvalue weighted by Gasteiger charge is 2.37. The second-order valence-corrected chi connectivity index (χ2v) is 9.47. The van der Waals surface area contributed by atoms with Gasteiger partial charge >= 0.3 is 0 Å². The third-order valence-electron chi connectivity index (χ3n) is 6.44. The smallest absolute Gasteiger partial charge is 0.251 e. The quantitative estimate of drug-likeness (QED) is 0.388. The number of nitrogens with zero attached hydrogens (tertiary/aromatic N) is 4. The van der Waals surface area contributed by atoms with Crippen molar-refractivity contribution in [3.63, 3.8) is 0 Å². The summed E-state index contributed by atoms with van der Waals surface area (Å²) in [7, 11) is 0. The van der Waals surface area contributed by atoms with E-state index in [0.29, 0.717) is 53.6 Å². The molecule has 0 saturated carbocycles. The van der Waals surface area contributed by atoms with Crippen molar-refractivity contribution in [3.8, 4) is 11.5 Å². The predicted octanol–water partition coefficient (Wildman–Crippen LogP) is 3.87. The molecule has 1 N–H and O–H groups in total.